The van der Waals surface area contributed by atoms with Crippen LogP contribution in [0.1, 0.15) is 0 Å². The molecular formula is C7H16N2O6S. The highest BCUT2D eigenvalue weighted by Gasteiger charge is 2.12. The Kier molecular flexibility index (Phi) is 9.52. The Bertz CT molecular complexity index is 194. The van der Waals surface area contributed by atoms with Crippen molar-refractivity contribution in [3.8, 4) is 0 Å². The first-order valence-electron chi connectivity index (χ1n) is 4.49. The van der Waals surface area contributed by atoms with E-state index in [4.69, 9.17) is 25.6 Å². The molecule has 0 spiro atoms. The van der Waals surface area contributed by atoms with Crippen LogP contribution in [0.3, 0.4) is 0 Å². The first-order chi connectivity index (χ1) is 7.57. The third-order valence-corrected chi connectivity index (χ3v) is 1.80. The normalized spacial score (nSPS) is 12.8. The Morgan fingerprint density at radius 2 is 1.94 bits per heavy atom. The van der Waals surface area contributed by atoms with Crippen LogP contribution < -0.4 is 5.73 Å². The number of nitrogens with zero attached hydrogens (tertiary/aromatic N) is 1. The van der Waals surface area contributed by atoms with E-state index in [-0.39, 0.29) is 32.2 Å². The number of carbonyl (C=O) groups is 1. The molecule has 16 heavy (non-hydrogen) atoms. The van der Waals surface area contributed by atoms with Crippen LogP contribution in [-0.4, -0.2) is 60.0 Å². The van der Waals surface area contributed by atoms with E-state index in [2.05, 4.69) is 17.5 Å². The maximum atomic E-state index is 11.0. The summed E-state index contributed by atoms with van der Waals surface area (Å²) in [6.07, 6.45) is 0. The van der Waals surface area contributed by atoms with Crippen molar-refractivity contribution in [2.24, 2.45) is 5.73 Å². The molecule has 96 valence electrons. The molecule has 0 aromatic carbocycles. The highest BCUT2D eigenvalue weighted by Crippen LogP contribution is 1.89. The van der Waals surface area contributed by atoms with Gasteiger partial charge in [0.15, 0.2) is 0 Å². The van der Waals surface area contributed by atoms with Gasteiger partial charge in [0.25, 0.3) is 0 Å². The van der Waals surface area contributed by atoms with Crippen molar-refractivity contribution in [3.63, 3.8) is 0 Å². The van der Waals surface area contributed by atoms with Gasteiger partial charge in [-0.3, -0.25) is 15.2 Å². The minimum Gasteiger partial charge on any atom is -0.462 e. The molecule has 9 heteroatoms. The Morgan fingerprint density at radius 1 is 1.31 bits per heavy atom. The van der Waals surface area contributed by atoms with Gasteiger partial charge in [0.1, 0.15) is 12.6 Å². The Labute approximate surface area is 98.1 Å². The molecule has 0 aliphatic rings. The average Bonchev–Trinajstić information content (AvgIpc) is 2.25. The summed E-state index contributed by atoms with van der Waals surface area (Å²) >= 11 is 3.84. The quantitative estimate of drug-likeness (QED) is 0.176. The van der Waals surface area contributed by atoms with Crippen molar-refractivity contribution in [3.05, 3.63) is 0 Å². The van der Waals surface area contributed by atoms with Gasteiger partial charge in [-0.15, -0.1) is 0 Å². The summed E-state index contributed by atoms with van der Waals surface area (Å²) in [6.45, 7) is 0.346. The standard InChI is InChI=1S/C7H16N2O6S/c8-6(5-16)7(10)14-3-1-13-2-4-15-9(11)12/h6,11-12,16H,1-5,8H2. The van der Waals surface area contributed by atoms with Crippen molar-refractivity contribution >= 4 is 18.6 Å². The summed E-state index contributed by atoms with van der Waals surface area (Å²) in [5, 5.41) is 15.9. The number of thiol groups is 1. The largest absolute Gasteiger partial charge is 0.462 e. The van der Waals surface area contributed by atoms with Gasteiger partial charge < -0.3 is 15.2 Å². The minimum absolute atomic E-state index is 0.0307. The van der Waals surface area contributed by atoms with Crippen molar-refractivity contribution in [2.45, 2.75) is 6.04 Å². The van der Waals surface area contributed by atoms with Crippen molar-refractivity contribution in [1.29, 1.82) is 0 Å². The Balaban J connectivity index is 3.24. The Hall–Kier alpha value is -0.420. The smallest absolute Gasteiger partial charge is 0.323 e. The number of hydrogen-bond acceptors (Lipinski definition) is 9. The molecule has 0 bridgehead atoms. The van der Waals surface area contributed by atoms with Gasteiger partial charge in [0, 0.05) is 5.75 Å². The molecule has 1 unspecified atom stereocenters. The molecule has 0 aliphatic heterocycles. The topological polar surface area (TPSA) is 114 Å². The fraction of sp³-hybridized carbons (Fsp3) is 0.857. The maximum Gasteiger partial charge on any atom is 0.323 e. The second-order valence-corrected chi connectivity index (χ2v) is 3.02. The second kappa shape index (κ2) is 9.78. The molecule has 0 rings (SSSR count). The fourth-order valence-electron chi connectivity index (χ4n) is 0.663. The SMILES string of the molecule is NC(CS)C(=O)OCCOCCON(O)O. The molecule has 0 aromatic heterocycles. The molecule has 0 radical (unpaired) electrons. The molecule has 0 amide bonds. The number of esters is 1. The zero-order chi connectivity index (χ0) is 12.4. The highest BCUT2D eigenvalue weighted by atomic mass is 32.1. The third kappa shape index (κ3) is 8.85. The number of carbonyl (C=O) groups excluding carboxylic acids is 1. The molecule has 8 nitrogen and oxygen atoms in total. The number of hydrogen-bond donors (Lipinski definition) is 4. The predicted octanol–water partition coefficient (Wildman–Crippen LogP) is -1.18. The van der Waals surface area contributed by atoms with Gasteiger partial charge in [-0.1, -0.05) is 0 Å². The van der Waals surface area contributed by atoms with Gasteiger partial charge in [-0.05, 0) is 0 Å². The van der Waals surface area contributed by atoms with Crippen molar-refractivity contribution in [1.82, 2.24) is 5.39 Å². The Morgan fingerprint density at radius 3 is 2.50 bits per heavy atom. The summed E-state index contributed by atoms with van der Waals surface area (Å²) < 4.78 is 9.67. The first kappa shape index (κ1) is 15.6. The van der Waals surface area contributed by atoms with E-state index in [0.29, 0.717) is 0 Å². The summed E-state index contributed by atoms with van der Waals surface area (Å²) in [7, 11) is 0. The molecule has 0 aliphatic carbocycles. The van der Waals surface area contributed by atoms with Crippen LogP contribution in [0.25, 0.3) is 0 Å². The summed E-state index contributed by atoms with van der Waals surface area (Å²) in [4.78, 5) is 15.2. The highest BCUT2D eigenvalue weighted by molar-refractivity contribution is 7.80. The molecule has 0 aromatic rings. The van der Waals surface area contributed by atoms with Gasteiger partial charge in [0.05, 0.1) is 25.2 Å². The lowest BCUT2D eigenvalue weighted by Crippen LogP contribution is -2.34. The molecule has 4 N–H and O–H groups in total. The first-order valence-corrected chi connectivity index (χ1v) is 5.12. The molecule has 0 saturated carbocycles. The molecule has 0 saturated heterocycles. The van der Waals surface area contributed by atoms with E-state index in [1.165, 1.54) is 0 Å². The van der Waals surface area contributed by atoms with Gasteiger partial charge in [-0.25, -0.2) is 4.84 Å². The zero-order valence-corrected chi connectivity index (χ0v) is 9.51. The van der Waals surface area contributed by atoms with E-state index in [9.17, 15) is 4.79 Å². The third-order valence-electron chi connectivity index (χ3n) is 1.41. The van der Waals surface area contributed by atoms with Crippen molar-refractivity contribution < 1.29 is 29.5 Å². The van der Waals surface area contributed by atoms with Gasteiger partial charge in [-0.2, -0.15) is 12.6 Å². The summed E-state index contributed by atoms with van der Waals surface area (Å²) in [5.74, 6) is -0.317. The second-order valence-electron chi connectivity index (χ2n) is 2.65. The van der Waals surface area contributed by atoms with E-state index < -0.39 is 17.4 Å². The lowest BCUT2D eigenvalue weighted by Gasteiger charge is -2.09. The number of nitrogens with two attached hydrogens (primary N) is 1. The van der Waals surface area contributed by atoms with Crippen LogP contribution in [0.15, 0.2) is 0 Å². The molecular weight excluding hydrogens is 240 g/mol. The van der Waals surface area contributed by atoms with Crippen LogP contribution in [-0.2, 0) is 19.1 Å². The minimum atomic E-state index is -0.732. The lowest BCUT2D eigenvalue weighted by molar-refractivity contribution is -0.493. The van der Waals surface area contributed by atoms with Crippen LogP contribution in [0, 0.1) is 0 Å². The number of rotatable bonds is 9. The van der Waals surface area contributed by atoms with Crippen molar-refractivity contribution in [2.75, 3.05) is 32.2 Å². The van der Waals surface area contributed by atoms with Crippen LogP contribution in [0.4, 0.5) is 0 Å². The van der Waals surface area contributed by atoms with Crippen LogP contribution >= 0.6 is 12.6 Å². The molecule has 1 atom stereocenters. The summed E-state index contributed by atoms with van der Waals surface area (Å²) in [6, 6.07) is -0.732. The van der Waals surface area contributed by atoms with Crippen LogP contribution in [0.5, 0.6) is 0 Å². The fourth-order valence-corrected chi connectivity index (χ4v) is 0.812. The number of ether oxygens (including phenoxy) is 2. The van der Waals surface area contributed by atoms with Crippen LogP contribution in [0.2, 0.25) is 0 Å². The van der Waals surface area contributed by atoms with E-state index in [1.807, 2.05) is 0 Å². The monoisotopic (exact) mass is 256 g/mol. The van der Waals surface area contributed by atoms with Gasteiger partial charge in [0.2, 0.25) is 0 Å². The van der Waals surface area contributed by atoms with E-state index >= 15 is 0 Å². The average molecular weight is 256 g/mol. The molecule has 0 heterocycles. The van der Waals surface area contributed by atoms with E-state index in [1.54, 1.807) is 0 Å². The zero-order valence-electron chi connectivity index (χ0n) is 8.61. The maximum absolute atomic E-state index is 11.0. The lowest BCUT2D eigenvalue weighted by atomic mass is 10.4. The summed E-state index contributed by atoms with van der Waals surface area (Å²) in [5.41, 5.74) is 5.34. The van der Waals surface area contributed by atoms with Gasteiger partial charge >= 0.3 is 5.97 Å². The predicted molar refractivity (Wildman–Crippen MR) is 55.0 cm³/mol. The molecule has 0 fully saturated rings. The van der Waals surface area contributed by atoms with E-state index in [0.717, 1.165) is 0 Å².